The van der Waals surface area contributed by atoms with Crippen LogP contribution in [0.5, 0.6) is 0 Å². The van der Waals surface area contributed by atoms with Crippen molar-refractivity contribution in [3.05, 3.63) is 36.0 Å². The van der Waals surface area contributed by atoms with Crippen molar-refractivity contribution >= 4 is 11.9 Å². The van der Waals surface area contributed by atoms with Crippen molar-refractivity contribution in [3.63, 3.8) is 0 Å². The Labute approximate surface area is 226 Å². The minimum Gasteiger partial charge on any atom is -0.463 e. The summed E-state index contributed by atoms with van der Waals surface area (Å²) in [6.07, 6.45) is 5.66. The highest BCUT2D eigenvalue weighted by Crippen LogP contribution is 2.72. The number of ether oxygens (including phenoxy) is 6. The van der Waals surface area contributed by atoms with E-state index in [0.717, 1.165) is 6.42 Å². The summed E-state index contributed by atoms with van der Waals surface area (Å²) < 4.78 is 36.7. The lowest BCUT2D eigenvalue weighted by molar-refractivity contribution is -0.233. The van der Waals surface area contributed by atoms with E-state index in [4.69, 9.17) is 28.4 Å². The Kier molecular flexibility index (Phi) is 5.46. The van der Waals surface area contributed by atoms with Gasteiger partial charge in [0.1, 0.15) is 35.6 Å². The number of carbonyl (C=O) groups is 2. The van der Waals surface area contributed by atoms with Crippen LogP contribution in [0.15, 0.2) is 36.0 Å². The molecule has 2 N–H and O–H groups in total. The molecule has 11 atom stereocenters. The molecule has 2 aliphatic carbocycles. The molecule has 7 aliphatic rings. The summed E-state index contributed by atoms with van der Waals surface area (Å²) in [5.74, 6) is -1.10. The number of aliphatic hydroxyl groups excluding tert-OH is 2. The summed E-state index contributed by atoms with van der Waals surface area (Å²) >= 11 is 0. The first-order valence-electron chi connectivity index (χ1n) is 13.9. The first-order valence-corrected chi connectivity index (χ1v) is 13.9. The first-order chi connectivity index (χ1) is 18.5. The molecule has 10 heteroatoms. The molecule has 5 heterocycles. The van der Waals surface area contributed by atoms with Crippen LogP contribution in [0.4, 0.5) is 0 Å². The molecule has 0 amide bonds. The Morgan fingerprint density at radius 1 is 1.10 bits per heavy atom. The molecule has 4 bridgehead atoms. The predicted molar refractivity (Wildman–Crippen MR) is 133 cm³/mol. The lowest BCUT2D eigenvalue weighted by Gasteiger charge is -2.58. The Morgan fingerprint density at radius 2 is 1.90 bits per heavy atom. The normalized spacial score (nSPS) is 54.4. The predicted octanol–water partition coefficient (Wildman–Crippen LogP) is 1.28. The lowest BCUT2D eigenvalue weighted by atomic mass is 9.51. The fourth-order valence-corrected chi connectivity index (χ4v) is 8.37. The summed E-state index contributed by atoms with van der Waals surface area (Å²) in [7, 11) is 0. The Balaban J connectivity index is 1.31. The molecule has 7 rings (SSSR count). The number of aliphatic hydroxyl groups is 2. The van der Waals surface area contributed by atoms with Gasteiger partial charge in [-0.25, -0.2) is 9.59 Å². The number of fused-ring (bicyclic) bond motifs is 1. The Morgan fingerprint density at radius 3 is 2.64 bits per heavy atom. The molecular formula is C29H36O10. The lowest BCUT2D eigenvalue weighted by Crippen LogP contribution is -2.67. The topological polar surface area (TPSA) is 137 Å². The maximum absolute atomic E-state index is 13.5. The maximum Gasteiger partial charge on any atom is 0.338 e. The number of cyclic esters (lactones) is 1. The van der Waals surface area contributed by atoms with Crippen LogP contribution in [-0.4, -0.2) is 95.4 Å². The first kappa shape index (κ1) is 25.9. The van der Waals surface area contributed by atoms with Gasteiger partial charge in [-0.3, -0.25) is 0 Å². The summed E-state index contributed by atoms with van der Waals surface area (Å²) in [5, 5.41) is 22.1. The van der Waals surface area contributed by atoms with Crippen LogP contribution >= 0.6 is 0 Å². The monoisotopic (exact) mass is 544 g/mol. The van der Waals surface area contributed by atoms with Gasteiger partial charge in [0.25, 0.3) is 0 Å². The molecule has 0 radical (unpaired) electrons. The average molecular weight is 545 g/mol. The van der Waals surface area contributed by atoms with E-state index in [1.165, 1.54) is 36.8 Å². The SMILES string of the molecule is CC1=C[C@H]2O[C@@H]3C[C@H]4OC(=O)/C=C\C=C\C5(C(C)O)OCCC6(OC6C(=O)OC[C@@]2(CC1)[C@]4(C)[C@]31CO1)C5O. The molecule has 3 spiro atoms. The van der Waals surface area contributed by atoms with Crippen LogP contribution in [0, 0.1) is 10.8 Å². The van der Waals surface area contributed by atoms with Crippen molar-refractivity contribution in [1.29, 1.82) is 0 Å². The molecule has 5 fully saturated rings. The highest BCUT2D eigenvalue weighted by atomic mass is 16.7. The second kappa shape index (κ2) is 8.24. The molecular weight excluding hydrogens is 508 g/mol. The summed E-state index contributed by atoms with van der Waals surface area (Å²) in [6.45, 7) is 6.35. The van der Waals surface area contributed by atoms with E-state index in [0.29, 0.717) is 19.4 Å². The van der Waals surface area contributed by atoms with Crippen molar-refractivity contribution in [3.8, 4) is 0 Å². The molecule has 39 heavy (non-hydrogen) atoms. The second-order valence-electron chi connectivity index (χ2n) is 12.6. The summed E-state index contributed by atoms with van der Waals surface area (Å²) in [5.41, 5.74) is -3.53. The molecule has 212 valence electrons. The smallest absolute Gasteiger partial charge is 0.338 e. The molecule has 0 aromatic rings. The fourth-order valence-electron chi connectivity index (χ4n) is 8.37. The molecule has 0 aromatic heterocycles. The van der Waals surface area contributed by atoms with Crippen LogP contribution in [0.2, 0.25) is 0 Å². The largest absolute Gasteiger partial charge is 0.463 e. The molecule has 0 aromatic carbocycles. The zero-order valence-electron chi connectivity index (χ0n) is 22.5. The van der Waals surface area contributed by atoms with Gasteiger partial charge in [0.2, 0.25) is 0 Å². The van der Waals surface area contributed by atoms with Crippen LogP contribution < -0.4 is 0 Å². The van der Waals surface area contributed by atoms with E-state index < -0.39 is 64.0 Å². The zero-order valence-corrected chi connectivity index (χ0v) is 22.5. The zero-order chi connectivity index (χ0) is 27.4. The minimum absolute atomic E-state index is 0.0302. The van der Waals surface area contributed by atoms with Crippen molar-refractivity contribution in [2.24, 2.45) is 10.8 Å². The fraction of sp³-hybridized carbons (Fsp3) is 0.724. The van der Waals surface area contributed by atoms with Crippen molar-refractivity contribution < 1.29 is 48.2 Å². The van der Waals surface area contributed by atoms with E-state index >= 15 is 0 Å². The highest BCUT2D eigenvalue weighted by molar-refractivity contribution is 5.82. The summed E-state index contributed by atoms with van der Waals surface area (Å²) in [6, 6.07) is 0. The van der Waals surface area contributed by atoms with Gasteiger partial charge in [0, 0.05) is 24.3 Å². The Hall–Kier alpha value is -2.08. The Bertz CT molecular complexity index is 1190. The maximum atomic E-state index is 13.5. The van der Waals surface area contributed by atoms with E-state index in [9.17, 15) is 19.8 Å². The van der Waals surface area contributed by atoms with Crippen molar-refractivity contribution in [2.45, 2.75) is 99.9 Å². The molecule has 5 unspecified atom stereocenters. The molecule has 4 saturated heterocycles. The minimum atomic E-state index is -1.53. The van der Waals surface area contributed by atoms with E-state index in [2.05, 4.69) is 19.9 Å². The van der Waals surface area contributed by atoms with Gasteiger partial charge < -0.3 is 38.6 Å². The van der Waals surface area contributed by atoms with Crippen LogP contribution in [0.25, 0.3) is 0 Å². The summed E-state index contributed by atoms with van der Waals surface area (Å²) in [4.78, 5) is 26.6. The quantitative estimate of drug-likeness (QED) is 0.282. The standard InChI is InChI=1S/C29H36O10/c1-16-7-9-26-14-34-23(32)22-28(39-22)10-11-35-27(17(2)30,24(28)33)8-5-4-6-21(31)38-18-13-20(37-19(26)12-16)29(15-36-29)25(18,26)3/h4-6,8,12,17-20,22,24,30,33H,7,9-11,13-15H2,1-3H3/b6-4-,8-5+/t17?,18-,19-,20-,22?,24?,25-,26-,27?,28?,29+/m1/s1. The number of carbonyl (C=O) groups excluding carboxylic acids is 2. The van der Waals surface area contributed by atoms with E-state index in [1.54, 1.807) is 0 Å². The number of allylic oxidation sites excluding steroid dienone is 3. The van der Waals surface area contributed by atoms with Gasteiger partial charge in [-0.15, -0.1) is 0 Å². The van der Waals surface area contributed by atoms with Gasteiger partial charge in [-0.05, 0) is 32.8 Å². The van der Waals surface area contributed by atoms with Crippen molar-refractivity contribution in [2.75, 3.05) is 19.8 Å². The molecule has 1 saturated carbocycles. The van der Waals surface area contributed by atoms with Gasteiger partial charge >= 0.3 is 11.9 Å². The number of hydrogen-bond acceptors (Lipinski definition) is 10. The number of hydrogen-bond donors (Lipinski definition) is 2. The second-order valence-corrected chi connectivity index (χ2v) is 12.6. The number of epoxide rings is 2. The van der Waals surface area contributed by atoms with E-state index in [-0.39, 0.29) is 31.8 Å². The third kappa shape index (κ3) is 3.18. The number of rotatable bonds is 1. The average Bonchev–Trinajstić information content (AvgIpc) is 3.81. The van der Waals surface area contributed by atoms with Crippen molar-refractivity contribution in [1.82, 2.24) is 0 Å². The highest BCUT2D eigenvalue weighted by Gasteiger charge is 2.83. The van der Waals surface area contributed by atoms with Crippen LogP contribution in [0.3, 0.4) is 0 Å². The van der Waals surface area contributed by atoms with Gasteiger partial charge in [-0.2, -0.15) is 0 Å². The van der Waals surface area contributed by atoms with E-state index in [1.807, 2.05) is 0 Å². The van der Waals surface area contributed by atoms with Gasteiger partial charge in [0.05, 0.1) is 36.9 Å². The number of esters is 2. The third-order valence-electron chi connectivity index (χ3n) is 11.0. The van der Waals surface area contributed by atoms with Crippen LogP contribution in [0.1, 0.15) is 46.5 Å². The molecule has 5 aliphatic heterocycles. The van der Waals surface area contributed by atoms with Gasteiger partial charge in [-0.1, -0.05) is 30.7 Å². The van der Waals surface area contributed by atoms with Gasteiger partial charge in [0.15, 0.2) is 6.10 Å². The molecule has 10 nitrogen and oxygen atoms in total. The third-order valence-corrected chi connectivity index (χ3v) is 11.0. The van der Waals surface area contributed by atoms with Crippen LogP contribution in [-0.2, 0) is 38.0 Å².